The van der Waals surface area contributed by atoms with Gasteiger partial charge in [0.05, 0.1) is 17.8 Å². The molecule has 132 valence electrons. The van der Waals surface area contributed by atoms with Crippen LogP contribution < -0.4 is 0 Å². The van der Waals surface area contributed by atoms with Crippen LogP contribution in [-0.4, -0.2) is 33.1 Å². The van der Waals surface area contributed by atoms with Gasteiger partial charge in [-0.1, -0.05) is 33.8 Å². The number of rotatable bonds is 1. The summed E-state index contributed by atoms with van der Waals surface area (Å²) in [5.74, 6) is 0.343. The van der Waals surface area contributed by atoms with Crippen molar-refractivity contribution in [3.05, 3.63) is 12.7 Å². The Morgan fingerprint density at radius 2 is 1.57 bits per heavy atom. The molecule has 3 rings (SSSR count). The monoisotopic (exact) mass is 322 g/mol. The van der Waals surface area contributed by atoms with Gasteiger partial charge in [0.2, 0.25) is 0 Å². The molecule has 3 heteroatoms. The summed E-state index contributed by atoms with van der Waals surface area (Å²) in [6, 6.07) is 0. The number of hydrogen-bond acceptors (Lipinski definition) is 3. The Hall–Kier alpha value is -0.380. The second-order valence-electron chi connectivity index (χ2n) is 9.78. The zero-order chi connectivity index (χ0) is 17.3. The van der Waals surface area contributed by atoms with Gasteiger partial charge in [-0.25, -0.2) is 0 Å². The average Bonchev–Trinajstić information content (AvgIpc) is 2.44. The van der Waals surface area contributed by atoms with Crippen LogP contribution in [-0.2, 0) is 0 Å². The summed E-state index contributed by atoms with van der Waals surface area (Å²) < 4.78 is 0. The molecule has 0 heterocycles. The van der Waals surface area contributed by atoms with Crippen molar-refractivity contribution in [3.8, 4) is 0 Å². The van der Waals surface area contributed by atoms with Crippen molar-refractivity contribution < 1.29 is 15.3 Å². The fraction of sp³-hybridized carbons (Fsp3) is 0.900. The van der Waals surface area contributed by atoms with E-state index in [1.807, 2.05) is 6.08 Å². The Morgan fingerprint density at radius 1 is 0.957 bits per heavy atom. The van der Waals surface area contributed by atoms with Crippen LogP contribution >= 0.6 is 0 Å². The van der Waals surface area contributed by atoms with Crippen molar-refractivity contribution in [2.75, 3.05) is 0 Å². The molecule has 0 aromatic carbocycles. The van der Waals surface area contributed by atoms with Crippen LogP contribution in [0.1, 0.15) is 66.2 Å². The first kappa shape index (κ1) is 17.4. The quantitative estimate of drug-likeness (QED) is 0.649. The summed E-state index contributed by atoms with van der Waals surface area (Å²) in [5.41, 5.74) is -1.26. The van der Waals surface area contributed by atoms with Crippen molar-refractivity contribution in [3.63, 3.8) is 0 Å². The van der Waals surface area contributed by atoms with Crippen LogP contribution in [0.3, 0.4) is 0 Å². The van der Waals surface area contributed by atoms with Gasteiger partial charge < -0.3 is 15.3 Å². The molecule has 3 saturated carbocycles. The Balaban J connectivity index is 2.01. The molecular weight excluding hydrogens is 288 g/mol. The van der Waals surface area contributed by atoms with E-state index in [2.05, 4.69) is 34.3 Å². The SMILES string of the molecule is C=C[C@]1(C)CC[C@H]2[C@@](O)(CC[C@H]3C(C)(C)[C@H](O)C[C@@H](O)[C@@]32C)C1. The maximum absolute atomic E-state index is 11.5. The summed E-state index contributed by atoms with van der Waals surface area (Å²) >= 11 is 0. The molecule has 0 radical (unpaired) electrons. The van der Waals surface area contributed by atoms with Crippen LogP contribution in [0.15, 0.2) is 12.7 Å². The smallest absolute Gasteiger partial charge is 0.0690 e. The lowest BCUT2D eigenvalue weighted by Gasteiger charge is -2.66. The minimum Gasteiger partial charge on any atom is -0.392 e. The number of fused-ring (bicyclic) bond motifs is 3. The molecule has 0 aliphatic heterocycles. The third kappa shape index (κ3) is 2.26. The first-order valence-electron chi connectivity index (χ1n) is 9.22. The molecule has 0 amide bonds. The van der Waals surface area contributed by atoms with Gasteiger partial charge in [0.1, 0.15) is 0 Å². The van der Waals surface area contributed by atoms with E-state index in [-0.39, 0.29) is 28.1 Å². The lowest BCUT2D eigenvalue weighted by atomic mass is 9.41. The Morgan fingerprint density at radius 3 is 2.17 bits per heavy atom. The molecule has 0 spiro atoms. The third-order valence-corrected chi connectivity index (χ3v) is 8.14. The van der Waals surface area contributed by atoms with Gasteiger partial charge in [-0.05, 0) is 54.8 Å². The van der Waals surface area contributed by atoms with Gasteiger partial charge in [0.25, 0.3) is 0 Å². The standard InChI is InChI=1S/C20H34O3/c1-6-18(4)9-7-14-19(5)13(8-10-20(14,23)12-18)17(2,3)15(21)11-16(19)22/h6,13-16,21-23H,1,7-12H2,2-5H3/t13-,14+,15+,16+,18+,19-,20+/m0/s1. The van der Waals surface area contributed by atoms with Crippen molar-refractivity contribution in [2.45, 2.75) is 84.0 Å². The first-order valence-corrected chi connectivity index (χ1v) is 9.22. The summed E-state index contributed by atoms with van der Waals surface area (Å²) in [6.45, 7) is 12.6. The van der Waals surface area contributed by atoms with E-state index in [9.17, 15) is 15.3 Å². The van der Waals surface area contributed by atoms with Gasteiger partial charge in [-0.2, -0.15) is 0 Å². The second-order valence-corrected chi connectivity index (χ2v) is 9.78. The highest BCUT2D eigenvalue weighted by molar-refractivity contribution is 5.17. The number of aliphatic hydroxyl groups is 3. The molecule has 0 saturated heterocycles. The average molecular weight is 322 g/mol. The maximum atomic E-state index is 11.5. The predicted octanol–water partition coefficient (Wildman–Crippen LogP) is 3.28. The molecular formula is C20H34O3. The maximum Gasteiger partial charge on any atom is 0.0690 e. The number of aliphatic hydroxyl groups excluding tert-OH is 2. The Bertz CT molecular complexity index is 501. The van der Waals surface area contributed by atoms with Gasteiger partial charge in [-0.15, -0.1) is 6.58 Å². The molecule has 3 nitrogen and oxygen atoms in total. The first-order chi connectivity index (χ1) is 10.5. The van der Waals surface area contributed by atoms with E-state index < -0.39 is 17.8 Å². The topological polar surface area (TPSA) is 60.7 Å². The van der Waals surface area contributed by atoms with E-state index in [1.54, 1.807) is 0 Å². The summed E-state index contributed by atoms with van der Waals surface area (Å²) in [6.07, 6.45) is 5.74. The second kappa shape index (κ2) is 5.06. The highest BCUT2D eigenvalue weighted by atomic mass is 16.3. The summed E-state index contributed by atoms with van der Waals surface area (Å²) in [5, 5.41) is 32.9. The van der Waals surface area contributed by atoms with Gasteiger partial charge in [0, 0.05) is 11.8 Å². The molecule has 23 heavy (non-hydrogen) atoms. The Labute approximate surface area is 140 Å². The van der Waals surface area contributed by atoms with E-state index in [0.717, 1.165) is 32.1 Å². The summed E-state index contributed by atoms with van der Waals surface area (Å²) in [4.78, 5) is 0. The van der Waals surface area contributed by atoms with E-state index in [4.69, 9.17) is 0 Å². The molecule has 3 N–H and O–H groups in total. The minimum atomic E-state index is -0.716. The van der Waals surface area contributed by atoms with Crippen LogP contribution in [0.5, 0.6) is 0 Å². The molecule has 3 aliphatic rings. The lowest BCUT2D eigenvalue weighted by Crippen LogP contribution is -2.67. The highest BCUT2D eigenvalue weighted by Gasteiger charge is 2.66. The molecule has 0 aromatic rings. The van der Waals surface area contributed by atoms with E-state index in [0.29, 0.717) is 6.42 Å². The molecule has 7 atom stereocenters. The van der Waals surface area contributed by atoms with Gasteiger partial charge >= 0.3 is 0 Å². The van der Waals surface area contributed by atoms with Gasteiger partial charge in [-0.3, -0.25) is 0 Å². The van der Waals surface area contributed by atoms with Gasteiger partial charge in [0.15, 0.2) is 0 Å². The number of allylic oxidation sites excluding steroid dienone is 1. The predicted molar refractivity (Wildman–Crippen MR) is 91.8 cm³/mol. The molecule has 0 bridgehead atoms. The third-order valence-electron chi connectivity index (χ3n) is 8.14. The van der Waals surface area contributed by atoms with Crippen LogP contribution in [0, 0.1) is 28.1 Å². The van der Waals surface area contributed by atoms with Crippen molar-refractivity contribution >= 4 is 0 Å². The van der Waals surface area contributed by atoms with Crippen LogP contribution in [0.25, 0.3) is 0 Å². The Kier molecular flexibility index (Phi) is 3.84. The zero-order valence-electron chi connectivity index (χ0n) is 15.2. The minimum absolute atomic E-state index is 0.0108. The molecule has 0 unspecified atom stereocenters. The van der Waals surface area contributed by atoms with E-state index in [1.165, 1.54) is 0 Å². The normalized spacial score (nSPS) is 55.6. The fourth-order valence-electron chi connectivity index (χ4n) is 6.57. The molecule has 3 aliphatic carbocycles. The number of hydrogen-bond donors (Lipinski definition) is 3. The van der Waals surface area contributed by atoms with Crippen molar-refractivity contribution in [1.29, 1.82) is 0 Å². The van der Waals surface area contributed by atoms with Crippen molar-refractivity contribution in [1.82, 2.24) is 0 Å². The lowest BCUT2D eigenvalue weighted by molar-refractivity contribution is -0.257. The van der Waals surface area contributed by atoms with Crippen LogP contribution in [0.4, 0.5) is 0 Å². The zero-order valence-corrected chi connectivity index (χ0v) is 15.2. The van der Waals surface area contributed by atoms with E-state index >= 15 is 0 Å². The van der Waals surface area contributed by atoms with Crippen LogP contribution in [0.2, 0.25) is 0 Å². The molecule has 0 aromatic heterocycles. The highest BCUT2D eigenvalue weighted by Crippen LogP contribution is 2.66. The van der Waals surface area contributed by atoms with Crippen molar-refractivity contribution in [2.24, 2.45) is 28.1 Å². The summed E-state index contributed by atoms with van der Waals surface area (Å²) in [7, 11) is 0. The molecule has 3 fully saturated rings. The fourth-order valence-corrected chi connectivity index (χ4v) is 6.57. The largest absolute Gasteiger partial charge is 0.392 e.